The van der Waals surface area contributed by atoms with Crippen molar-refractivity contribution in [1.82, 2.24) is 15.5 Å². The maximum absolute atomic E-state index is 6.15. The Labute approximate surface area is 117 Å². The van der Waals surface area contributed by atoms with E-state index in [-0.39, 0.29) is 5.54 Å². The second-order valence-corrected chi connectivity index (χ2v) is 5.53. The average Bonchev–Trinajstić information content (AvgIpc) is 2.90. The summed E-state index contributed by atoms with van der Waals surface area (Å²) in [5.74, 6) is 1.19. The molecule has 4 nitrogen and oxygen atoms in total. The monoisotopic (exact) mass is 277 g/mol. The minimum absolute atomic E-state index is 0.218. The summed E-state index contributed by atoms with van der Waals surface area (Å²) in [6.45, 7) is 3.09. The Morgan fingerprint density at radius 1 is 1.32 bits per heavy atom. The Hall–Kier alpha value is -1.39. The summed E-state index contributed by atoms with van der Waals surface area (Å²) in [6, 6.07) is 7.52. The number of nitrogens with one attached hydrogen (secondary N) is 1. The third-order valence-electron chi connectivity index (χ3n) is 3.63. The largest absolute Gasteiger partial charge is 0.337 e. The molecule has 1 fully saturated rings. The summed E-state index contributed by atoms with van der Waals surface area (Å²) in [4.78, 5) is 4.51. The van der Waals surface area contributed by atoms with Gasteiger partial charge >= 0.3 is 0 Å². The second-order valence-electron chi connectivity index (χ2n) is 5.12. The van der Waals surface area contributed by atoms with E-state index in [0.717, 1.165) is 18.5 Å². The third kappa shape index (κ3) is 2.38. The zero-order valence-electron chi connectivity index (χ0n) is 10.8. The highest BCUT2D eigenvalue weighted by Gasteiger charge is 2.34. The first kappa shape index (κ1) is 12.6. The van der Waals surface area contributed by atoms with Gasteiger partial charge in [-0.05, 0) is 44.9 Å². The summed E-state index contributed by atoms with van der Waals surface area (Å²) in [5.41, 5.74) is 0.587. The molecule has 3 rings (SSSR count). The zero-order valence-corrected chi connectivity index (χ0v) is 11.6. The molecule has 0 bridgehead atoms. The Morgan fingerprint density at radius 3 is 2.89 bits per heavy atom. The lowest BCUT2D eigenvalue weighted by molar-refractivity contribution is 0.207. The molecule has 1 unspecified atom stereocenters. The van der Waals surface area contributed by atoms with Crippen LogP contribution in [0.4, 0.5) is 0 Å². The number of nitrogens with zero attached hydrogens (tertiary/aromatic N) is 2. The fraction of sp³-hybridized carbons (Fsp3) is 0.429. The Kier molecular flexibility index (Phi) is 3.29. The number of benzene rings is 1. The van der Waals surface area contributed by atoms with Crippen LogP contribution in [-0.4, -0.2) is 16.7 Å². The van der Waals surface area contributed by atoms with E-state index in [0.29, 0.717) is 16.7 Å². The van der Waals surface area contributed by atoms with Gasteiger partial charge in [-0.2, -0.15) is 4.98 Å². The molecule has 1 saturated heterocycles. The SMILES string of the molecule is CC1(c2nc(-c3ccccc3Cl)no2)CCCCN1. The summed E-state index contributed by atoms with van der Waals surface area (Å²) < 4.78 is 5.43. The molecule has 0 amide bonds. The van der Waals surface area contributed by atoms with E-state index in [4.69, 9.17) is 16.1 Å². The number of aromatic nitrogens is 2. The first-order valence-corrected chi connectivity index (χ1v) is 6.91. The quantitative estimate of drug-likeness (QED) is 0.914. The lowest BCUT2D eigenvalue weighted by atomic mass is 9.91. The van der Waals surface area contributed by atoms with Gasteiger partial charge < -0.3 is 9.84 Å². The molecule has 0 saturated carbocycles. The lowest BCUT2D eigenvalue weighted by Gasteiger charge is -2.31. The van der Waals surface area contributed by atoms with Crippen molar-refractivity contribution in [3.63, 3.8) is 0 Å². The van der Waals surface area contributed by atoms with Crippen molar-refractivity contribution in [2.75, 3.05) is 6.54 Å². The number of hydrogen-bond donors (Lipinski definition) is 1. The molecule has 0 aliphatic carbocycles. The van der Waals surface area contributed by atoms with Gasteiger partial charge in [0.25, 0.3) is 0 Å². The molecule has 1 atom stereocenters. The van der Waals surface area contributed by atoms with Crippen molar-refractivity contribution in [2.45, 2.75) is 31.7 Å². The highest BCUT2D eigenvalue weighted by molar-refractivity contribution is 6.33. The maximum Gasteiger partial charge on any atom is 0.246 e. The second kappa shape index (κ2) is 4.94. The molecular weight excluding hydrogens is 262 g/mol. The molecular formula is C14H16ClN3O. The van der Waals surface area contributed by atoms with Crippen LogP contribution in [0, 0.1) is 0 Å². The van der Waals surface area contributed by atoms with Gasteiger partial charge in [-0.1, -0.05) is 28.9 Å². The molecule has 2 heterocycles. The molecule has 1 aliphatic rings. The fourth-order valence-corrected chi connectivity index (χ4v) is 2.66. The number of rotatable bonds is 2. The van der Waals surface area contributed by atoms with E-state index < -0.39 is 0 Å². The normalized spacial score (nSPS) is 23.5. The van der Waals surface area contributed by atoms with Crippen molar-refractivity contribution < 1.29 is 4.52 Å². The highest BCUT2D eigenvalue weighted by Crippen LogP contribution is 2.31. The Balaban J connectivity index is 1.93. The highest BCUT2D eigenvalue weighted by atomic mass is 35.5. The third-order valence-corrected chi connectivity index (χ3v) is 3.96. The Morgan fingerprint density at radius 2 is 2.16 bits per heavy atom. The van der Waals surface area contributed by atoms with Gasteiger partial charge in [0, 0.05) is 5.56 Å². The van der Waals surface area contributed by atoms with E-state index in [2.05, 4.69) is 22.4 Å². The van der Waals surface area contributed by atoms with Gasteiger partial charge in [-0.15, -0.1) is 0 Å². The van der Waals surface area contributed by atoms with Crippen LogP contribution in [0.2, 0.25) is 5.02 Å². The van der Waals surface area contributed by atoms with Gasteiger partial charge in [0.15, 0.2) is 0 Å². The zero-order chi connectivity index (χ0) is 13.3. The molecule has 2 aromatic rings. The smallest absolute Gasteiger partial charge is 0.246 e. The summed E-state index contributed by atoms with van der Waals surface area (Å²) in [7, 11) is 0. The first-order valence-electron chi connectivity index (χ1n) is 6.53. The van der Waals surface area contributed by atoms with Gasteiger partial charge in [0.1, 0.15) is 0 Å². The van der Waals surface area contributed by atoms with Crippen molar-refractivity contribution in [3.05, 3.63) is 35.2 Å². The van der Waals surface area contributed by atoms with Crippen LogP contribution in [0.5, 0.6) is 0 Å². The lowest BCUT2D eigenvalue weighted by Crippen LogP contribution is -2.43. The van der Waals surface area contributed by atoms with Gasteiger partial charge in [-0.25, -0.2) is 0 Å². The number of halogens is 1. The van der Waals surface area contributed by atoms with Crippen LogP contribution < -0.4 is 5.32 Å². The standard InChI is InChI=1S/C14H16ClN3O/c1-14(8-4-5-9-16-14)13-17-12(18-19-13)10-6-2-3-7-11(10)15/h2-3,6-7,16H,4-5,8-9H2,1H3. The first-order chi connectivity index (χ1) is 9.19. The van der Waals surface area contributed by atoms with Crippen molar-refractivity contribution >= 4 is 11.6 Å². The summed E-state index contributed by atoms with van der Waals surface area (Å²) in [5, 5.41) is 8.15. The van der Waals surface area contributed by atoms with Gasteiger partial charge in [-0.3, -0.25) is 0 Å². The Bertz CT molecular complexity index is 576. The van der Waals surface area contributed by atoms with Crippen molar-refractivity contribution in [1.29, 1.82) is 0 Å². The predicted octanol–water partition coefficient (Wildman–Crippen LogP) is 3.38. The minimum atomic E-state index is -0.218. The van der Waals surface area contributed by atoms with E-state index in [1.54, 1.807) is 0 Å². The summed E-state index contributed by atoms with van der Waals surface area (Å²) in [6.07, 6.45) is 3.38. The van der Waals surface area contributed by atoms with E-state index >= 15 is 0 Å². The molecule has 1 aromatic heterocycles. The van der Waals surface area contributed by atoms with Crippen LogP contribution in [-0.2, 0) is 5.54 Å². The molecule has 1 N–H and O–H groups in total. The van der Waals surface area contributed by atoms with Crippen LogP contribution in [0.25, 0.3) is 11.4 Å². The van der Waals surface area contributed by atoms with Crippen LogP contribution in [0.3, 0.4) is 0 Å². The van der Waals surface area contributed by atoms with E-state index in [9.17, 15) is 0 Å². The van der Waals surface area contributed by atoms with Gasteiger partial charge in [0.05, 0.1) is 10.6 Å². The van der Waals surface area contributed by atoms with Crippen LogP contribution >= 0.6 is 11.6 Å². The maximum atomic E-state index is 6.15. The summed E-state index contributed by atoms with van der Waals surface area (Å²) >= 11 is 6.15. The molecule has 1 aliphatic heterocycles. The minimum Gasteiger partial charge on any atom is -0.337 e. The van der Waals surface area contributed by atoms with E-state index in [1.807, 2.05) is 24.3 Å². The average molecular weight is 278 g/mol. The molecule has 19 heavy (non-hydrogen) atoms. The van der Waals surface area contributed by atoms with Crippen molar-refractivity contribution in [2.24, 2.45) is 0 Å². The molecule has 0 radical (unpaired) electrons. The molecule has 0 spiro atoms. The fourth-order valence-electron chi connectivity index (χ4n) is 2.44. The molecule has 100 valence electrons. The molecule has 1 aromatic carbocycles. The van der Waals surface area contributed by atoms with Gasteiger partial charge in [0.2, 0.25) is 11.7 Å². The van der Waals surface area contributed by atoms with E-state index in [1.165, 1.54) is 12.8 Å². The van der Waals surface area contributed by atoms with Crippen molar-refractivity contribution in [3.8, 4) is 11.4 Å². The predicted molar refractivity (Wildman–Crippen MR) is 73.9 cm³/mol. The molecule has 5 heteroatoms. The number of hydrogen-bond acceptors (Lipinski definition) is 4. The van der Waals surface area contributed by atoms with Crippen LogP contribution in [0.1, 0.15) is 32.1 Å². The van der Waals surface area contributed by atoms with Crippen LogP contribution in [0.15, 0.2) is 28.8 Å². The topological polar surface area (TPSA) is 51.0 Å². The number of piperidine rings is 1.